The van der Waals surface area contributed by atoms with Gasteiger partial charge in [0.05, 0.1) is 25.2 Å². The summed E-state index contributed by atoms with van der Waals surface area (Å²) >= 11 is 0. The number of rotatable bonds is 8. The lowest BCUT2D eigenvalue weighted by Crippen LogP contribution is -2.35. The van der Waals surface area contributed by atoms with Crippen molar-refractivity contribution in [3.63, 3.8) is 0 Å². The summed E-state index contributed by atoms with van der Waals surface area (Å²) in [5.41, 5.74) is 5.06. The summed E-state index contributed by atoms with van der Waals surface area (Å²) in [5, 5.41) is 3.04. The molecular formula is C29H33N3O3. The molecular weight excluding hydrogens is 438 g/mol. The van der Waals surface area contributed by atoms with E-state index in [9.17, 15) is 4.79 Å². The van der Waals surface area contributed by atoms with Crippen LogP contribution in [0.2, 0.25) is 0 Å². The average Bonchev–Trinajstić information content (AvgIpc) is 3.58. The molecule has 0 bridgehead atoms. The van der Waals surface area contributed by atoms with Crippen LogP contribution in [-0.4, -0.2) is 42.6 Å². The number of benzene rings is 2. The molecule has 0 radical (unpaired) electrons. The second-order valence-corrected chi connectivity index (χ2v) is 10.2. The van der Waals surface area contributed by atoms with Crippen LogP contribution in [0.15, 0.2) is 71.5 Å². The van der Waals surface area contributed by atoms with Crippen LogP contribution in [0.5, 0.6) is 0 Å². The van der Waals surface area contributed by atoms with Crippen LogP contribution in [0.3, 0.4) is 0 Å². The fourth-order valence-corrected chi connectivity index (χ4v) is 5.58. The lowest BCUT2D eigenvalue weighted by molar-refractivity contribution is -0.00866. The highest BCUT2D eigenvalue weighted by molar-refractivity contribution is 6.04. The van der Waals surface area contributed by atoms with Crippen LogP contribution < -0.4 is 10.2 Å². The van der Waals surface area contributed by atoms with E-state index in [0.717, 1.165) is 37.4 Å². The number of fused-ring (bicyclic) bond motifs is 1. The van der Waals surface area contributed by atoms with Crippen LogP contribution in [0.25, 0.3) is 0 Å². The molecule has 3 heterocycles. The van der Waals surface area contributed by atoms with Gasteiger partial charge in [0.2, 0.25) is 0 Å². The van der Waals surface area contributed by atoms with E-state index in [2.05, 4.69) is 33.3 Å². The topological polar surface area (TPSA) is 58.0 Å². The highest BCUT2D eigenvalue weighted by Crippen LogP contribution is 2.36. The largest absolute Gasteiger partial charge is 0.472 e. The first-order chi connectivity index (χ1) is 17.2. The molecule has 6 heteroatoms. The van der Waals surface area contributed by atoms with Crippen molar-refractivity contribution >= 4 is 17.3 Å². The number of nitrogens with zero attached hydrogens (tertiary/aromatic N) is 2. The van der Waals surface area contributed by atoms with Crippen molar-refractivity contribution in [3.05, 3.63) is 83.8 Å². The van der Waals surface area contributed by atoms with Crippen LogP contribution in [-0.2, 0) is 17.9 Å². The molecule has 35 heavy (non-hydrogen) atoms. The Bertz CT molecular complexity index is 1120. The van der Waals surface area contributed by atoms with Gasteiger partial charge < -0.3 is 19.4 Å². The third-order valence-corrected chi connectivity index (χ3v) is 7.82. The average molecular weight is 472 g/mol. The zero-order valence-corrected chi connectivity index (χ0v) is 20.1. The van der Waals surface area contributed by atoms with E-state index in [1.165, 1.54) is 36.9 Å². The van der Waals surface area contributed by atoms with Crippen LogP contribution in [0, 0.1) is 5.92 Å². The molecule has 3 aromatic rings. The molecule has 6 nitrogen and oxygen atoms in total. The number of ether oxygens (including phenoxy) is 1. The van der Waals surface area contributed by atoms with Gasteiger partial charge in [0, 0.05) is 54.7 Å². The standard InChI is InChI=1S/C29H33N3O3/c33-29(23-6-4-21(5-7-23)20-35-27-2-1-3-27)30-25-8-10-26(11-9-25)32-14-12-24-17-31(18-28(24)32)16-22-13-15-34-19-22/h4-11,13,15,19,24,27-28H,1-3,12,14,16-18,20H2,(H,30,33)/t24-,28+/m1/s1. The molecule has 2 aromatic carbocycles. The summed E-state index contributed by atoms with van der Waals surface area (Å²) in [5.74, 6) is 0.625. The van der Waals surface area contributed by atoms with Gasteiger partial charge in [-0.25, -0.2) is 0 Å². The predicted molar refractivity (Wildman–Crippen MR) is 136 cm³/mol. The zero-order chi connectivity index (χ0) is 23.6. The van der Waals surface area contributed by atoms with E-state index >= 15 is 0 Å². The highest BCUT2D eigenvalue weighted by Gasteiger charge is 2.41. The number of carbonyl (C=O) groups excluding carboxylic acids is 1. The van der Waals surface area contributed by atoms with Crippen LogP contribution >= 0.6 is 0 Å². The van der Waals surface area contributed by atoms with Gasteiger partial charge in [-0.1, -0.05) is 12.1 Å². The number of likely N-dealkylation sites (tertiary alicyclic amines) is 1. The van der Waals surface area contributed by atoms with Crippen molar-refractivity contribution in [3.8, 4) is 0 Å². The van der Waals surface area contributed by atoms with Gasteiger partial charge in [-0.05, 0) is 79.6 Å². The maximum atomic E-state index is 12.7. The molecule has 3 aliphatic rings. The van der Waals surface area contributed by atoms with Gasteiger partial charge in [-0.15, -0.1) is 0 Å². The van der Waals surface area contributed by atoms with E-state index < -0.39 is 0 Å². The van der Waals surface area contributed by atoms with Crippen molar-refractivity contribution in [2.24, 2.45) is 5.92 Å². The number of anilines is 2. The summed E-state index contributed by atoms with van der Waals surface area (Å²) in [4.78, 5) is 17.8. The fraction of sp³-hybridized carbons (Fsp3) is 0.414. The number of amides is 1. The minimum atomic E-state index is -0.0869. The Morgan fingerprint density at radius 3 is 2.51 bits per heavy atom. The van der Waals surface area contributed by atoms with E-state index in [-0.39, 0.29) is 5.91 Å². The molecule has 1 saturated carbocycles. The van der Waals surface area contributed by atoms with Gasteiger partial charge in [0.15, 0.2) is 0 Å². The van der Waals surface area contributed by atoms with E-state index in [1.54, 1.807) is 6.26 Å². The van der Waals surface area contributed by atoms with Gasteiger partial charge >= 0.3 is 0 Å². The number of hydrogen-bond donors (Lipinski definition) is 1. The normalized spacial score (nSPS) is 22.2. The molecule has 2 saturated heterocycles. The summed E-state index contributed by atoms with van der Waals surface area (Å²) < 4.78 is 11.1. The number of nitrogens with one attached hydrogen (secondary N) is 1. The summed E-state index contributed by atoms with van der Waals surface area (Å²) in [6.45, 7) is 4.89. The smallest absolute Gasteiger partial charge is 0.255 e. The molecule has 1 N–H and O–H groups in total. The third-order valence-electron chi connectivity index (χ3n) is 7.82. The van der Waals surface area contributed by atoms with Gasteiger partial charge in [-0.2, -0.15) is 0 Å². The van der Waals surface area contributed by atoms with Crippen molar-refractivity contribution in [2.75, 3.05) is 29.9 Å². The maximum Gasteiger partial charge on any atom is 0.255 e. The van der Waals surface area contributed by atoms with E-state index in [1.807, 2.05) is 42.7 Å². The zero-order valence-electron chi connectivity index (χ0n) is 20.1. The summed E-state index contributed by atoms with van der Waals surface area (Å²) in [7, 11) is 0. The molecule has 182 valence electrons. The van der Waals surface area contributed by atoms with Crippen molar-refractivity contribution in [1.29, 1.82) is 0 Å². The van der Waals surface area contributed by atoms with Gasteiger partial charge in [0.1, 0.15) is 0 Å². The van der Waals surface area contributed by atoms with Crippen molar-refractivity contribution in [1.82, 2.24) is 4.90 Å². The minimum absolute atomic E-state index is 0.0869. The lowest BCUT2D eigenvalue weighted by atomic mass is 9.96. The number of furan rings is 1. The Hall–Kier alpha value is -3.09. The SMILES string of the molecule is O=C(Nc1ccc(N2CC[C@@H]3CN(Cc4ccoc4)C[C@@H]32)cc1)c1ccc(COC2CCC2)cc1. The number of hydrogen-bond acceptors (Lipinski definition) is 5. The lowest BCUT2D eigenvalue weighted by Gasteiger charge is -2.27. The highest BCUT2D eigenvalue weighted by atomic mass is 16.5. The third kappa shape index (κ3) is 5.00. The van der Waals surface area contributed by atoms with Crippen molar-refractivity contribution in [2.45, 2.75) is 51.0 Å². The van der Waals surface area contributed by atoms with Crippen LogP contribution in [0.1, 0.15) is 47.2 Å². The van der Waals surface area contributed by atoms with Crippen molar-refractivity contribution < 1.29 is 13.9 Å². The monoisotopic (exact) mass is 471 g/mol. The number of carbonyl (C=O) groups is 1. The molecule has 1 amide bonds. The molecule has 0 unspecified atom stereocenters. The quantitative estimate of drug-likeness (QED) is 0.482. The Morgan fingerprint density at radius 2 is 1.80 bits per heavy atom. The minimum Gasteiger partial charge on any atom is -0.472 e. The Balaban J connectivity index is 1.03. The van der Waals surface area contributed by atoms with Crippen LogP contribution in [0.4, 0.5) is 11.4 Å². The first-order valence-corrected chi connectivity index (χ1v) is 12.8. The molecule has 6 rings (SSSR count). The molecule has 3 fully saturated rings. The molecule has 1 aromatic heterocycles. The summed E-state index contributed by atoms with van der Waals surface area (Å²) in [6, 6.07) is 18.6. The molecule has 2 atom stereocenters. The van der Waals surface area contributed by atoms with E-state index in [4.69, 9.17) is 9.15 Å². The van der Waals surface area contributed by atoms with E-state index in [0.29, 0.717) is 30.2 Å². The second kappa shape index (κ2) is 9.88. The second-order valence-electron chi connectivity index (χ2n) is 10.2. The maximum absolute atomic E-state index is 12.7. The predicted octanol–water partition coefficient (Wildman–Crippen LogP) is 5.31. The van der Waals surface area contributed by atoms with Gasteiger partial charge in [0.25, 0.3) is 5.91 Å². The van der Waals surface area contributed by atoms with Gasteiger partial charge in [-0.3, -0.25) is 9.69 Å². The summed E-state index contributed by atoms with van der Waals surface area (Å²) in [6.07, 6.45) is 8.85. The fourth-order valence-electron chi connectivity index (χ4n) is 5.58. The first kappa shape index (κ1) is 22.4. The molecule has 0 spiro atoms. The Kier molecular flexibility index (Phi) is 6.32. The molecule has 1 aliphatic carbocycles. The first-order valence-electron chi connectivity index (χ1n) is 12.8. The molecule has 2 aliphatic heterocycles. The Labute approximate surface area is 206 Å². The Morgan fingerprint density at radius 1 is 0.971 bits per heavy atom.